The summed E-state index contributed by atoms with van der Waals surface area (Å²) in [6.07, 6.45) is 1.69. The van der Waals surface area contributed by atoms with Gasteiger partial charge in [0.2, 0.25) is 0 Å². The lowest BCUT2D eigenvalue weighted by molar-refractivity contribution is 0.328. The van der Waals surface area contributed by atoms with Crippen molar-refractivity contribution in [1.29, 1.82) is 0 Å². The molecule has 3 aromatic rings. The minimum Gasteiger partial charge on any atom is -0.497 e. The summed E-state index contributed by atoms with van der Waals surface area (Å²) in [6.45, 7) is 2.99. The van der Waals surface area contributed by atoms with E-state index in [0.29, 0.717) is 18.7 Å². The lowest BCUT2D eigenvalue weighted by Crippen LogP contribution is -2.01. The number of aromatic amines is 1. The summed E-state index contributed by atoms with van der Waals surface area (Å²) in [7, 11) is 1.63. The van der Waals surface area contributed by atoms with E-state index in [9.17, 15) is 5.11 Å². The largest absolute Gasteiger partial charge is 0.497 e. The third-order valence-electron chi connectivity index (χ3n) is 3.74. The Bertz CT molecular complexity index is 851. The van der Waals surface area contributed by atoms with Gasteiger partial charge >= 0.3 is 0 Å². The summed E-state index contributed by atoms with van der Waals surface area (Å²) in [5.74, 6) is 1.71. The smallest absolute Gasteiger partial charge is 0.198 e. The SMILES string of the molecule is COc1ccc(OCCN=Cc2c(O)[nH]c3ccc(C)cc23)cc1. The van der Waals surface area contributed by atoms with Crippen molar-refractivity contribution in [2.45, 2.75) is 6.92 Å². The van der Waals surface area contributed by atoms with Gasteiger partial charge in [-0.25, -0.2) is 0 Å². The molecule has 0 bridgehead atoms. The summed E-state index contributed by atoms with van der Waals surface area (Å²) >= 11 is 0. The topological polar surface area (TPSA) is 66.8 Å². The average Bonchev–Trinajstić information content (AvgIpc) is 2.90. The lowest BCUT2D eigenvalue weighted by atomic mass is 10.1. The summed E-state index contributed by atoms with van der Waals surface area (Å²) in [4.78, 5) is 7.30. The van der Waals surface area contributed by atoms with E-state index in [-0.39, 0.29) is 5.88 Å². The molecule has 2 N–H and O–H groups in total. The van der Waals surface area contributed by atoms with Gasteiger partial charge in [0.15, 0.2) is 5.88 Å². The predicted molar refractivity (Wildman–Crippen MR) is 95.7 cm³/mol. The zero-order valence-corrected chi connectivity index (χ0v) is 13.7. The van der Waals surface area contributed by atoms with Gasteiger partial charge in [-0.2, -0.15) is 0 Å². The fraction of sp³-hybridized carbons (Fsp3) is 0.211. The Morgan fingerprint density at radius 3 is 2.62 bits per heavy atom. The number of nitrogens with zero attached hydrogens (tertiary/aromatic N) is 1. The van der Waals surface area contributed by atoms with Crippen LogP contribution in [-0.4, -0.2) is 36.6 Å². The van der Waals surface area contributed by atoms with Crippen molar-refractivity contribution in [2.24, 2.45) is 4.99 Å². The molecular weight excluding hydrogens is 304 g/mol. The van der Waals surface area contributed by atoms with E-state index >= 15 is 0 Å². The highest BCUT2D eigenvalue weighted by Gasteiger charge is 2.08. The average molecular weight is 324 g/mol. The number of ether oxygens (including phenoxy) is 2. The number of rotatable bonds is 6. The van der Waals surface area contributed by atoms with Gasteiger partial charge in [0.25, 0.3) is 0 Å². The summed E-state index contributed by atoms with van der Waals surface area (Å²) in [5, 5.41) is 11.0. The van der Waals surface area contributed by atoms with Crippen LogP contribution < -0.4 is 9.47 Å². The molecule has 0 radical (unpaired) electrons. The second-order valence-electron chi connectivity index (χ2n) is 5.50. The Morgan fingerprint density at radius 1 is 1.12 bits per heavy atom. The molecular formula is C19H20N2O3. The Kier molecular flexibility index (Phi) is 4.70. The van der Waals surface area contributed by atoms with Crippen molar-refractivity contribution in [3.63, 3.8) is 0 Å². The van der Waals surface area contributed by atoms with Crippen LogP contribution in [0.15, 0.2) is 47.5 Å². The van der Waals surface area contributed by atoms with Gasteiger partial charge < -0.3 is 19.6 Å². The van der Waals surface area contributed by atoms with Crippen LogP contribution in [0.25, 0.3) is 10.9 Å². The third-order valence-corrected chi connectivity index (χ3v) is 3.74. The first-order chi connectivity index (χ1) is 11.7. The van der Waals surface area contributed by atoms with Gasteiger partial charge in [0, 0.05) is 17.1 Å². The van der Waals surface area contributed by atoms with Gasteiger partial charge in [0.1, 0.15) is 18.1 Å². The van der Waals surface area contributed by atoms with E-state index in [1.54, 1.807) is 13.3 Å². The second kappa shape index (κ2) is 7.08. The summed E-state index contributed by atoms with van der Waals surface area (Å²) < 4.78 is 10.7. The first kappa shape index (κ1) is 15.9. The molecule has 3 rings (SSSR count). The van der Waals surface area contributed by atoms with Crippen LogP contribution in [0.3, 0.4) is 0 Å². The summed E-state index contributed by atoms with van der Waals surface area (Å²) in [6, 6.07) is 13.4. The minimum absolute atomic E-state index is 0.135. The third kappa shape index (κ3) is 3.51. The standard InChI is InChI=1S/C19H20N2O3/c1-13-3-8-18-16(11-13)17(19(22)21-18)12-20-9-10-24-15-6-4-14(23-2)5-7-15/h3-8,11-12,21-22H,9-10H2,1-2H3. The second-order valence-corrected chi connectivity index (χ2v) is 5.50. The normalized spacial score (nSPS) is 11.2. The zero-order chi connectivity index (χ0) is 16.9. The minimum atomic E-state index is 0.135. The number of fused-ring (bicyclic) bond motifs is 1. The number of benzene rings is 2. The fourth-order valence-corrected chi connectivity index (χ4v) is 2.49. The molecule has 5 heteroatoms. The first-order valence-corrected chi connectivity index (χ1v) is 7.75. The van der Waals surface area contributed by atoms with Crippen molar-refractivity contribution < 1.29 is 14.6 Å². The molecule has 0 atom stereocenters. The quantitative estimate of drug-likeness (QED) is 0.537. The van der Waals surface area contributed by atoms with Crippen LogP contribution in [0.5, 0.6) is 17.4 Å². The Morgan fingerprint density at radius 2 is 1.88 bits per heavy atom. The number of aromatic nitrogens is 1. The van der Waals surface area contributed by atoms with E-state index in [4.69, 9.17) is 9.47 Å². The highest BCUT2D eigenvalue weighted by atomic mass is 16.5. The Balaban J connectivity index is 1.60. The van der Waals surface area contributed by atoms with E-state index < -0.39 is 0 Å². The van der Waals surface area contributed by atoms with Gasteiger partial charge in [-0.05, 0) is 43.3 Å². The van der Waals surface area contributed by atoms with Gasteiger partial charge in [0.05, 0.1) is 19.2 Å². The predicted octanol–water partition coefficient (Wildman–Crippen LogP) is 3.69. The molecule has 24 heavy (non-hydrogen) atoms. The number of hydrogen-bond acceptors (Lipinski definition) is 4. The maximum Gasteiger partial charge on any atom is 0.198 e. The number of aromatic hydroxyl groups is 1. The number of methoxy groups -OCH3 is 1. The number of aliphatic imine (C=N–C) groups is 1. The number of nitrogens with one attached hydrogen (secondary N) is 1. The van der Waals surface area contributed by atoms with Crippen LogP contribution in [-0.2, 0) is 0 Å². The Labute approximate surface area is 140 Å². The van der Waals surface area contributed by atoms with E-state index in [0.717, 1.165) is 28.0 Å². The van der Waals surface area contributed by atoms with Crippen LogP contribution in [0.1, 0.15) is 11.1 Å². The van der Waals surface area contributed by atoms with E-state index in [1.165, 1.54) is 0 Å². The van der Waals surface area contributed by atoms with Crippen LogP contribution in [0, 0.1) is 6.92 Å². The molecule has 0 aliphatic heterocycles. The van der Waals surface area contributed by atoms with Gasteiger partial charge in [-0.1, -0.05) is 11.6 Å². The molecule has 0 saturated carbocycles. The maximum absolute atomic E-state index is 10.0. The molecule has 0 amide bonds. The number of H-pyrrole nitrogens is 1. The monoisotopic (exact) mass is 324 g/mol. The molecule has 1 heterocycles. The molecule has 124 valence electrons. The number of aryl methyl sites for hydroxylation is 1. The molecule has 0 aliphatic rings. The zero-order valence-electron chi connectivity index (χ0n) is 13.7. The van der Waals surface area contributed by atoms with Gasteiger partial charge in [-0.15, -0.1) is 0 Å². The van der Waals surface area contributed by atoms with Crippen molar-refractivity contribution in [2.75, 3.05) is 20.3 Å². The molecule has 1 aromatic heterocycles. The molecule has 0 aliphatic carbocycles. The Hall–Kier alpha value is -2.95. The molecule has 5 nitrogen and oxygen atoms in total. The van der Waals surface area contributed by atoms with Crippen molar-refractivity contribution in [3.8, 4) is 17.4 Å². The molecule has 0 fully saturated rings. The van der Waals surface area contributed by atoms with Crippen molar-refractivity contribution in [1.82, 2.24) is 4.98 Å². The van der Waals surface area contributed by atoms with E-state index in [1.807, 2.05) is 49.4 Å². The number of hydrogen-bond donors (Lipinski definition) is 2. The fourth-order valence-electron chi connectivity index (χ4n) is 2.49. The highest BCUT2D eigenvalue weighted by molar-refractivity contribution is 6.02. The molecule has 0 saturated heterocycles. The van der Waals surface area contributed by atoms with Crippen molar-refractivity contribution >= 4 is 17.1 Å². The highest BCUT2D eigenvalue weighted by Crippen LogP contribution is 2.26. The van der Waals surface area contributed by atoms with Crippen LogP contribution in [0.4, 0.5) is 0 Å². The van der Waals surface area contributed by atoms with Crippen molar-refractivity contribution in [3.05, 3.63) is 53.6 Å². The van der Waals surface area contributed by atoms with E-state index in [2.05, 4.69) is 9.98 Å². The lowest BCUT2D eigenvalue weighted by Gasteiger charge is -2.05. The molecule has 0 spiro atoms. The van der Waals surface area contributed by atoms with Crippen LogP contribution >= 0.6 is 0 Å². The van der Waals surface area contributed by atoms with Gasteiger partial charge in [-0.3, -0.25) is 4.99 Å². The van der Waals surface area contributed by atoms with Crippen LogP contribution in [0.2, 0.25) is 0 Å². The molecule has 0 unspecified atom stereocenters. The first-order valence-electron chi connectivity index (χ1n) is 7.75. The summed E-state index contributed by atoms with van der Waals surface area (Å²) in [5.41, 5.74) is 2.74. The maximum atomic E-state index is 10.0. The molecule has 2 aromatic carbocycles.